The first-order chi connectivity index (χ1) is 11.9. The van der Waals surface area contributed by atoms with E-state index in [1.807, 2.05) is 36.9 Å². The first-order valence-corrected chi connectivity index (χ1v) is 9.16. The van der Waals surface area contributed by atoms with Crippen molar-refractivity contribution < 1.29 is 4.79 Å². The number of piperazine rings is 1. The zero-order valence-electron chi connectivity index (χ0n) is 14.4. The lowest BCUT2D eigenvalue weighted by molar-refractivity contribution is -0.134. The normalized spacial score (nSPS) is 16.9. The SMILES string of the molecule is Cc1cnc(C(C)C(=O)N2CCN(Cc3ccc(Cl)c(Cl)c3)CC2)[nH]1. The Bertz CT molecular complexity index is 753. The van der Waals surface area contributed by atoms with Crippen LogP contribution < -0.4 is 0 Å². The minimum Gasteiger partial charge on any atom is -0.345 e. The van der Waals surface area contributed by atoms with E-state index in [1.165, 1.54) is 0 Å². The van der Waals surface area contributed by atoms with Crippen LogP contribution in [0.4, 0.5) is 0 Å². The third-order valence-corrected chi connectivity index (χ3v) is 5.32. The quantitative estimate of drug-likeness (QED) is 0.883. The van der Waals surface area contributed by atoms with Gasteiger partial charge >= 0.3 is 0 Å². The Morgan fingerprint density at radius 3 is 2.56 bits per heavy atom. The minimum absolute atomic E-state index is 0.128. The maximum absolute atomic E-state index is 12.7. The number of aromatic amines is 1. The summed E-state index contributed by atoms with van der Waals surface area (Å²) < 4.78 is 0. The molecule has 1 unspecified atom stereocenters. The lowest BCUT2D eigenvalue weighted by Gasteiger charge is -2.35. The third kappa shape index (κ3) is 4.35. The summed E-state index contributed by atoms with van der Waals surface area (Å²) in [5.74, 6) is 0.625. The standard InChI is InChI=1S/C18H22Cl2N4O/c1-12-10-21-17(22-12)13(2)18(25)24-7-5-23(6-8-24)11-14-3-4-15(19)16(20)9-14/h3-4,9-10,13H,5-8,11H2,1-2H3,(H,21,22). The van der Waals surface area contributed by atoms with Gasteiger partial charge in [0.15, 0.2) is 0 Å². The highest BCUT2D eigenvalue weighted by molar-refractivity contribution is 6.42. The summed E-state index contributed by atoms with van der Waals surface area (Å²) >= 11 is 12.0. The number of halogens is 2. The van der Waals surface area contributed by atoms with Gasteiger partial charge in [-0.2, -0.15) is 0 Å². The Hall–Kier alpha value is -1.56. The Morgan fingerprint density at radius 2 is 1.96 bits per heavy atom. The molecule has 2 heterocycles. The molecule has 1 aromatic heterocycles. The van der Waals surface area contributed by atoms with E-state index in [1.54, 1.807) is 6.20 Å². The maximum Gasteiger partial charge on any atom is 0.233 e. The van der Waals surface area contributed by atoms with E-state index in [0.29, 0.717) is 10.0 Å². The number of aromatic nitrogens is 2. The van der Waals surface area contributed by atoms with E-state index in [4.69, 9.17) is 23.2 Å². The predicted molar refractivity (Wildman–Crippen MR) is 100 cm³/mol. The van der Waals surface area contributed by atoms with Gasteiger partial charge in [0.05, 0.1) is 16.0 Å². The number of carbonyl (C=O) groups excluding carboxylic acids is 1. The van der Waals surface area contributed by atoms with Gasteiger partial charge in [-0.1, -0.05) is 29.3 Å². The summed E-state index contributed by atoms with van der Waals surface area (Å²) in [6.07, 6.45) is 1.76. The number of carbonyl (C=O) groups is 1. The Morgan fingerprint density at radius 1 is 1.24 bits per heavy atom. The number of amides is 1. The molecule has 2 aromatic rings. The van der Waals surface area contributed by atoms with Gasteiger partial charge in [-0.3, -0.25) is 9.69 Å². The molecule has 7 heteroatoms. The molecule has 1 amide bonds. The lowest BCUT2D eigenvalue weighted by atomic mass is 10.1. The highest BCUT2D eigenvalue weighted by atomic mass is 35.5. The Labute approximate surface area is 157 Å². The van der Waals surface area contributed by atoms with Crippen molar-refractivity contribution in [2.24, 2.45) is 0 Å². The molecule has 1 fully saturated rings. The van der Waals surface area contributed by atoms with Crippen molar-refractivity contribution in [1.29, 1.82) is 0 Å². The molecule has 0 saturated carbocycles. The van der Waals surface area contributed by atoms with E-state index in [0.717, 1.165) is 49.8 Å². The molecule has 1 N–H and O–H groups in total. The monoisotopic (exact) mass is 380 g/mol. The molecule has 0 aliphatic carbocycles. The number of nitrogens with zero attached hydrogens (tertiary/aromatic N) is 3. The smallest absolute Gasteiger partial charge is 0.233 e. The summed E-state index contributed by atoms with van der Waals surface area (Å²) in [6, 6.07) is 5.72. The number of rotatable bonds is 4. The van der Waals surface area contributed by atoms with E-state index in [2.05, 4.69) is 14.9 Å². The molecule has 5 nitrogen and oxygen atoms in total. The van der Waals surface area contributed by atoms with Crippen molar-refractivity contribution >= 4 is 29.1 Å². The van der Waals surface area contributed by atoms with Gasteiger partial charge in [0.25, 0.3) is 0 Å². The summed E-state index contributed by atoms with van der Waals surface area (Å²) in [4.78, 5) is 24.4. The molecule has 0 radical (unpaired) electrons. The van der Waals surface area contributed by atoms with Gasteiger partial charge in [-0.05, 0) is 31.5 Å². The number of H-pyrrole nitrogens is 1. The van der Waals surface area contributed by atoms with Crippen molar-refractivity contribution in [3.8, 4) is 0 Å². The van der Waals surface area contributed by atoms with Crippen LogP contribution in [0.25, 0.3) is 0 Å². The van der Waals surface area contributed by atoms with Crippen LogP contribution in [-0.2, 0) is 11.3 Å². The fraction of sp³-hybridized carbons (Fsp3) is 0.444. The number of hydrogen-bond acceptors (Lipinski definition) is 3. The molecule has 25 heavy (non-hydrogen) atoms. The minimum atomic E-state index is -0.240. The second kappa shape index (κ2) is 7.77. The van der Waals surface area contributed by atoms with Gasteiger partial charge in [-0.15, -0.1) is 0 Å². The summed E-state index contributed by atoms with van der Waals surface area (Å²) in [6.45, 7) is 7.80. The summed E-state index contributed by atoms with van der Waals surface area (Å²) in [5, 5.41) is 1.15. The van der Waals surface area contributed by atoms with Crippen molar-refractivity contribution in [2.75, 3.05) is 26.2 Å². The van der Waals surface area contributed by atoms with Gasteiger partial charge in [-0.25, -0.2) is 4.98 Å². The molecule has 1 saturated heterocycles. The van der Waals surface area contributed by atoms with Crippen molar-refractivity contribution in [3.05, 3.63) is 51.5 Å². The Balaban J connectivity index is 1.54. The lowest BCUT2D eigenvalue weighted by Crippen LogP contribution is -2.49. The summed E-state index contributed by atoms with van der Waals surface area (Å²) in [7, 11) is 0. The van der Waals surface area contributed by atoms with Gasteiger partial charge in [0.1, 0.15) is 5.82 Å². The van der Waals surface area contributed by atoms with Crippen LogP contribution in [0.2, 0.25) is 10.0 Å². The van der Waals surface area contributed by atoms with Crippen LogP contribution in [0.5, 0.6) is 0 Å². The fourth-order valence-electron chi connectivity index (χ4n) is 3.07. The molecule has 3 rings (SSSR count). The third-order valence-electron chi connectivity index (χ3n) is 4.58. The van der Waals surface area contributed by atoms with Crippen LogP contribution in [0.1, 0.15) is 29.9 Å². The van der Waals surface area contributed by atoms with Gasteiger partial charge in [0.2, 0.25) is 5.91 Å². The van der Waals surface area contributed by atoms with Crippen molar-refractivity contribution in [2.45, 2.75) is 26.3 Å². The average Bonchev–Trinajstić information content (AvgIpc) is 3.04. The fourth-order valence-corrected chi connectivity index (χ4v) is 3.39. The number of nitrogens with one attached hydrogen (secondary N) is 1. The van der Waals surface area contributed by atoms with Crippen LogP contribution in [0, 0.1) is 6.92 Å². The zero-order valence-corrected chi connectivity index (χ0v) is 15.9. The molecule has 1 atom stereocenters. The second-order valence-corrected chi connectivity index (χ2v) is 7.34. The largest absolute Gasteiger partial charge is 0.345 e. The van der Waals surface area contributed by atoms with E-state index in [9.17, 15) is 4.79 Å². The first-order valence-electron chi connectivity index (χ1n) is 8.40. The number of benzene rings is 1. The predicted octanol–water partition coefficient (Wildman–Crippen LogP) is 3.47. The number of imidazole rings is 1. The Kier molecular flexibility index (Phi) is 5.67. The van der Waals surface area contributed by atoms with E-state index < -0.39 is 0 Å². The molecule has 1 aromatic carbocycles. The zero-order chi connectivity index (χ0) is 18.0. The highest BCUT2D eigenvalue weighted by Crippen LogP contribution is 2.24. The first kappa shape index (κ1) is 18.2. The molecule has 134 valence electrons. The molecular formula is C18H22Cl2N4O. The van der Waals surface area contributed by atoms with E-state index in [-0.39, 0.29) is 11.8 Å². The second-order valence-electron chi connectivity index (χ2n) is 6.52. The van der Waals surface area contributed by atoms with Crippen molar-refractivity contribution in [3.63, 3.8) is 0 Å². The van der Waals surface area contributed by atoms with Crippen LogP contribution in [-0.4, -0.2) is 51.9 Å². The van der Waals surface area contributed by atoms with Crippen LogP contribution in [0.15, 0.2) is 24.4 Å². The summed E-state index contributed by atoms with van der Waals surface area (Å²) in [5.41, 5.74) is 2.11. The van der Waals surface area contributed by atoms with Crippen molar-refractivity contribution in [1.82, 2.24) is 19.8 Å². The number of hydrogen-bond donors (Lipinski definition) is 1. The topological polar surface area (TPSA) is 52.2 Å². The van der Waals surface area contributed by atoms with Crippen LogP contribution >= 0.6 is 23.2 Å². The molecular weight excluding hydrogens is 359 g/mol. The molecule has 0 spiro atoms. The highest BCUT2D eigenvalue weighted by Gasteiger charge is 2.27. The van der Waals surface area contributed by atoms with Gasteiger partial charge in [0, 0.05) is 44.6 Å². The van der Waals surface area contributed by atoms with E-state index >= 15 is 0 Å². The van der Waals surface area contributed by atoms with Crippen LogP contribution in [0.3, 0.4) is 0 Å². The molecule has 1 aliphatic rings. The average molecular weight is 381 g/mol. The number of aryl methyl sites for hydroxylation is 1. The molecule has 0 bridgehead atoms. The molecule has 1 aliphatic heterocycles. The van der Waals surface area contributed by atoms with Gasteiger partial charge < -0.3 is 9.88 Å². The maximum atomic E-state index is 12.7.